The Morgan fingerprint density at radius 1 is 1.19 bits per heavy atom. The predicted molar refractivity (Wildman–Crippen MR) is 98.5 cm³/mol. The van der Waals surface area contributed by atoms with Crippen LogP contribution in [-0.4, -0.2) is 69.1 Å². The summed E-state index contributed by atoms with van der Waals surface area (Å²) in [5.41, 5.74) is 0. The zero-order valence-electron chi connectivity index (χ0n) is 15.7. The molecule has 1 amide bonds. The molecule has 0 aliphatic carbocycles. The molecular weight excluding hydrogens is 374 g/mol. The molecule has 0 bridgehead atoms. The van der Waals surface area contributed by atoms with Crippen molar-refractivity contribution >= 4 is 21.7 Å². The lowest BCUT2D eigenvalue weighted by Crippen LogP contribution is -2.44. The van der Waals surface area contributed by atoms with E-state index in [1.807, 2.05) is 6.92 Å². The summed E-state index contributed by atoms with van der Waals surface area (Å²) in [5, 5.41) is 0. The predicted octanol–water partition coefficient (Wildman–Crippen LogP) is 1.04. The molecule has 1 fully saturated rings. The first kappa shape index (κ1) is 21.0. The molecule has 27 heavy (non-hydrogen) atoms. The van der Waals surface area contributed by atoms with E-state index in [2.05, 4.69) is 0 Å². The number of benzene rings is 1. The van der Waals surface area contributed by atoms with Gasteiger partial charge in [0.05, 0.1) is 18.1 Å². The maximum Gasteiger partial charge on any atom is 0.344 e. The molecule has 2 atom stereocenters. The Morgan fingerprint density at radius 3 is 2.30 bits per heavy atom. The van der Waals surface area contributed by atoms with Gasteiger partial charge in [0.1, 0.15) is 11.5 Å². The highest BCUT2D eigenvalue weighted by Crippen LogP contribution is 2.19. The van der Waals surface area contributed by atoms with Crippen LogP contribution >= 0.6 is 0 Å². The average molecular weight is 399 g/mol. The van der Waals surface area contributed by atoms with Crippen molar-refractivity contribution in [2.45, 2.75) is 32.4 Å². The molecule has 1 aromatic rings. The smallest absolute Gasteiger partial charge is 0.344 e. The Balaban J connectivity index is 1.79. The first-order chi connectivity index (χ1) is 12.7. The van der Waals surface area contributed by atoms with Gasteiger partial charge in [0, 0.05) is 13.1 Å². The SMILES string of the molecule is CCOc1ccc(OCC(=O)O[C@H](C)C(=O)N(C)[C@H]2CCS(=O)(=O)C2)cc1. The number of rotatable bonds is 8. The maximum atomic E-state index is 12.3. The van der Waals surface area contributed by atoms with E-state index < -0.39 is 27.8 Å². The first-order valence-corrected chi connectivity index (χ1v) is 10.6. The minimum Gasteiger partial charge on any atom is -0.494 e. The van der Waals surface area contributed by atoms with Crippen LogP contribution in [-0.2, 0) is 24.2 Å². The van der Waals surface area contributed by atoms with Crippen molar-refractivity contribution in [3.8, 4) is 11.5 Å². The first-order valence-electron chi connectivity index (χ1n) is 8.74. The fourth-order valence-electron chi connectivity index (χ4n) is 2.77. The van der Waals surface area contributed by atoms with Gasteiger partial charge in [-0.2, -0.15) is 0 Å². The van der Waals surface area contributed by atoms with E-state index in [1.54, 1.807) is 24.3 Å². The third kappa shape index (κ3) is 6.13. The van der Waals surface area contributed by atoms with Crippen molar-refractivity contribution in [3.63, 3.8) is 0 Å². The van der Waals surface area contributed by atoms with Gasteiger partial charge in [0.2, 0.25) is 0 Å². The molecule has 1 aromatic carbocycles. The summed E-state index contributed by atoms with van der Waals surface area (Å²) >= 11 is 0. The lowest BCUT2D eigenvalue weighted by molar-refractivity contribution is -0.160. The van der Waals surface area contributed by atoms with Crippen LogP contribution in [0.2, 0.25) is 0 Å². The Hall–Kier alpha value is -2.29. The summed E-state index contributed by atoms with van der Waals surface area (Å²) in [6, 6.07) is 6.40. The second-order valence-electron chi connectivity index (χ2n) is 6.33. The van der Waals surface area contributed by atoms with Crippen molar-refractivity contribution in [1.82, 2.24) is 4.90 Å². The quantitative estimate of drug-likeness (QED) is 0.602. The van der Waals surface area contributed by atoms with E-state index in [9.17, 15) is 18.0 Å². The van der Waals surface area contributed by atoms with Gasteiger partial charge < -0.3 is 19.1 Å². The van der Waals surface area contributed by atoms with E-state index in [0.717, 1.165) is 0 Å². The van der Waals surface area contributed by atoms with E-state index in [1.165, 1.54) is 18.9 Å². The third-order valence-corrected chi connectivity index (χ3v) is 6.00. The number of esters is 1. The highest BCUT2D eigenvalue weighted by atomic mass is 32.2. The van der Waals surface area contributed by atoms with Gasteiger partial charge in [-0.3, -0.25) is 4.79 Å². The molecule has 1 aliphatic rings. The molecule has 0 aromatic heterocycles. The molecule has 0 saturated carbocycles. The van der Waals surface area contributed by atoms with Crippen LogP contribution in [0.4, 0.5) is 0 Å². The lowest BCUT2D eigenvalue weighted by atomic mass is 10.2. The average Bonchev–Trinajstić information content (AvgIpc) is 3.00. The van der Waals surface area contributed by atoms with Crippen molar-refractivity contribution in [1.29, 1.82) is 0 Å². The minimum atomic E-state index is -3.10. The number of nitrogens with zero attached hydrogens (tertiary/aromatic N) is 1. The summed E-state index contributed by atoms with van der Waals surface area (Å²) in [6.07, 6.45) is -0.624. The maximum absolute atomic E-state index is 12.3. The zero-order chi connectivity index (χ0) is 20.0. The van der Waals surface area contributed by atoms with Gasteiger partial charge in [-0.15, -0.1) is 0 Å². The summed E-state index contributed by atoms with van der Waals surface area (Å²) in [4.78, 5) is 25.6. The van der Waals surface area contributed by atoms with Crippen LogP contribution in [0.5, 0.6) is 11.5 Å². The normalized spacial score (nSPS) is 19.1. The van der Waals surface area contributed by atoms with Crippen LogP contribution in [0, 0.1) is 0 Å². The summed E-state index contributed by atoms with van der Waals surface area (Å²) < 4.78 is 38.8. The van der Waals surface area contributed by atoms with Gasteiger partial charge in [0.15, 0.2) is 22.5 Å². The monoisotopic (exact) mass is 399 g/mol. The number of hydrogen-bond acceptors (Lipinski definition) is 7. The number of sulfone groups is 1. The second-order valence-corrected chi connectivity index (χ2v) is 8.56. The Kier molecular flexibility index (Phi) is 7.06. The summed E-state index contributed by atoms with van der Waals surface area (Å²) in [5.74, 6) is 0.0610. The number of amides is 1. The van der Waals surface area contributed by atoms with Crippen molar-refractivity contribution in [3.05, 3.63) is 24.3 Å². The van der Waals surface area contributed by atoms with E-state index in [4.69, 9.17) is 14.2 Å². The van der Waals surface area contributed by atoms with Gasteiger partial charge in [-0.1, -0.05) is 0 Å². The number of ether oxygens (including phenoxy) is 3. The Morgan fingerprint density at radius 2 is 1.78 bits per heavy atom. The Bertz CT molecular complexity index is 760. The Labute approximate surface area is 159 Å². The fourth-order valence-corrected chi connectivity index (χ4v) is 4.54. The topological polar surface area (TPSA) is 99.2 Å². The molecule has 2 rings (SSSR count). The zero-order valence-corrected chi connectivity index (χ0v) is 16.5. The molecule has 1 heterocycles. The van der Waals surface area contributed by atoms with Crippen LogP contribution < -0.4 is 9.47 Å². The van der Waals surface area contributed by atoms with Gasteiger partial charge in [-0.05, 0) is 44.5 Å². The standard InChI is InChI=1S/C18H25NO7S/c1-4-24-15-5-7-16(8-6-15)25-11-17(20)26-13(2)18(21)19(3)14-9-10-27(22,23)12-14/h5-8,13-14H,4,9-12H2,1-3H3/t13-,14+/m1/s1. The van der Waals surface area contributed by atoms with Crippen LogP contribution in [0.15, 0.2) is 24.3 Å². The van der Waals surface area contributed by atoms with Crippen LogP contribution in [0.1, 0.15) is 20.3 Å². The molecule has 1 aliphatic heterocycles. The van der Waals surface area contributed by atoms with Crippen molar-refractivity contribution in [2.75, 3.05) is 31.8 Å². The minimum absolute atomic E-state index is 0.0588. The van der Waals surface area contributed by atoms with Crippen LogP contribution in [0.3, 0.4) is 0 Å². The van der Waals surface area contributed by atoms with Crippen LogP contribution in [0.25, 0.3) is 0 Å². The number of hydrogen-bond donors (Lipinski definition) is 0. The number of carbonyl (C=O) groups excluding carboxylic acids is 2. The molecule has 0 N–H and O–H groups in total. The highest BCUT2D eigenvalue weighted by molar-refractivity contribution is 7.91. The molecule has 1 saturated heterocycles. The lowest BCUT2D eigenvalue weighted by Gasteiger charge is -2.26. The van der Waals surface area contributed by atoms with E-state index in [-0.39, 0.29) is 24.2 Å². The highest BCUT2D eigenvalue weighted by Gasteiger charge is 2.34. The molecule has 9 heteroatoms. The molecule has 0 radical (unpaired) electrons. The van der Waals surface area contributed by atoms with E-state index in [0.29, 0.717) is 24.5 Å². The molecule has 0 spiro atoms. The van der Waals surface area contributed by atoms with Gasteiger partial charge in [-0.25, -0.2) is 13.2 Å². The van der Waals surface area contributed by atoms with Crippen molar-refractivity contribution in [2.24, 2.45) is 0 Å². The number of likely N-dealkylation sites (N-methyl/N-ethyl adjacent to an activating group) is 1. The molecule has 8 nitrogen and oxygen atoms in total. The largest absolute Gasteiger partial charge is 0.494 e. The van der Waals surface area contributed by atoms with E-state index >= 15 is 0 Å². The summed E-state index contributed by atoms with van der Waals surface area (Å²) in [6.45, 7) is 3.55. The fraction of sp³-hybridized carbons (Fsp3) is 0.556. The van der Waals surface area contributed by atoms with Gasteiger partial charge >= 0.3 is 5.97 Å². The number of carbonyl (C=O) groups is 2. The summed E-state index contributed by atoms with van der Waals surface area (Å²) in [7, 11) is -1.58. The molecular formula is C18H25NO7S. The molecule has 0 unspecified atom stereocenters. The third-order valence-electron chi connectivity index (χ3n) is 4.25. The van der Waals surface area contributed by atoms with Crippen molar-refractivity contribution < 1.29 is 32.2 Å². The molecule has 150 valence electrons. The van der Waals surface area contributed by atoms with Gasteiger partial charge in [0.25, 0.3) is 5.91 Å². The second kappa shape index (κ2) is 9.07.